The molecule has 0 spiro atoms. The lowest BCUT2D eigenvalue weighted by molar-refractivity contribution is -0.121. The molecule has 1 saturated heterocycles. The first-order chi connectivity index (χ1) is 6.22. The first kappa shape index (κ1) is 8.91. The van der Waals surface area contributed by atoms with Crippen LogP contribution < -0.4 is 0 Å². The Kier molecular flexibility index (Phi) is 2.22. The van der Waals surface area contributed by atoms with Gasteiger partial charge in [0.2, 0.25) is 0 Å². The fraction of sp³-hybridized carbons (Fsp3) is 0.700. The van der Waals surface area contributed by atoms with Crippen molar-refractivity contribution < 1.29 is 14.6 Å². The maximum atomic E-state index is 11.6. The normalized spacial score (nSPS) is 38.8. The molecule has 1 heterocycles. The van der Waals surface area contributed by atoms with Crippen LogP contribution in [0.15, 0.2) is 11.6 Å². The van der Waals surface area contributed by atoms with Crippen molar-refractivity contribution in [3.8, 4) is 0 Å². The molecule has 3 atom stereocenters. The Bertz CT molecular complexity index is 257. The Morgan fingerprint density at radius 2 is 2.46 bits per heavy atom. The first-order valence-electron chi connectivity index (χ1n) is 4.66. The number of hydrogen-bond acceptors (Lipinski definition) is 3. The van der Waals surface area contributed by atoms with E-state index < -0.39 is 0 Å². The summed E-state index contributed by atoms with van der Waals surface area (Å²) in [6.07, 6.45) is 2.37. The summed E-state index contributed by atoms with van der Waals surface area (Å²) in [7, 11) is 0. The van der Waals surface area contributed by atoms with E-state index in [0.717, 1.165) is 12.0 Å². The number of aliphatic hydroxyl groups is 1. The van der Waals surface area contributed by atoms with E-state index in [4.69, 9.17) is 9.84 Å². The number of hydrogen-bond donors (Lipinski definition) is 1. The third kappa shape index (κ3) is 1.42. The van der Waals surface area contributed by atoms with Crippen molar-refractivity contribution in [2.24, 2.45) is 11.8 Å². The third-order valence-electron chi connectivity index (χ3n) is 2.91. The van der Waals surface area contributed by atoms with Crippen molar-refractivity contribution in [2.45, 2.75) is 19.4 Å². The van der Waals surface area contributed by atoms with Crippen LogP contribution in [0.3, 0.4) is 0 Å². The summed E-state index contributed by atoms with van der Waals surface area (Å²) in [5, 5.41) is 8.99. The van der Waals surface area contributed by atoms with E-state index in [2.05, 4.69) is 0 Å². The van der Waals surface area contributed by atoms with Crippen molar-refractivity contribution in [1.29, 1.82) is 0 Å². The molecule has 1 aliphatic carbocycles. The number of aliphatic hydroxyl groups excluding tert-OH is 1. The van der Waals surface area contributed by atoms with Crippen LogP contribution in [0.5, 0.6) is 0 Å². The molecule has 0 unspecified atom stereocenters. The molecule has 13 heavy (non-hydrogen) atoms. The molecule has 0 aromatic carbocycles. The first-order valence-corrected chi connectivity index (χ1v) is 4.66. The molecule has 2 aliphatic rings. The largest absolute Gasteiger partial charge is 0.394 e. The number of ether oxygens (including phenoxy) is 1. The second-order valence-electron chi connectivity index (χ2n) is 3.94. The van der Waals surface area contributed by atoms with Gasteiger partial charge in [-0.1, -0.05) is 5.57 Å². The summed E-state index contributed by atoms with van der Waals surface area (Å²) in [6, 6.07) is 0. The Hall–Kier alpha value is -0.670. The number of rotatable bonds is 1. The molecule has 1 aliphatic heterocycles. The van der Waals surface area contributed by atoms with E-state index in [0.29, 0.717) is 12.5 Å². The molecular formula is C10H14O3. The molecule has 1 fully saturated rings. The smallest absolute Gasteiger partial charge is 0.161 e. The molecule has 0 aromatic rings. The van der Waals surface area contributed by atoms with Crippen LogP contribution in [-0.4, -0.2) is 30.2 Å². The molecule has 0 bridgehead atoms. The molecule has 0 amide bonds. The van der Waals surface area contributed by atoms with E-state index >= 15 is 0 Å². The molecule has 1 N–H and O–H groups in total. The molecule has 0 radical (unpaired) electrons. The number of carbonyl (C=O) groups excluding carboxylic acids is 1. The summed E-state index contributed by atoms with van der Waals surface area (Å²) < 4.78 is 5.36. The summed E-state index contributed by atoms with van der Waals surface area (Å²) >= 11 is 0. The lowest BCUT2D eigenvalue weighted by Crippen LogP contribution is -2.32. The van der Waals surface area contributed by atoms with Crippen LogP contribution in [0.1, 0.15) is 13.3 Å². The molecule has 2 rings (SSSR count). The van der Waals surface area contributed by atoms with Crippen molar-refractivity contribution in [2.75, 3.05) is 13.2 Å². The Morgan fingerprint density at radius 3 is 3.15 bits per heavy atom. The highest BCUT2D eigenvalue weighted by Gasteiger charge is 2.42. The van der Waals surface area contributed by atoms with Gasteiger partial charge in [0.25, 0.3) is 0 Å². The fourth-order valence-corrected chi connectivity index (χ4v) is 2.34. The van der Waals surface area contributed by atoms with Gasteiger partial charge >= 0.3 is 0 Å². The van der Waals surface area contributed by atoms with Gasteiger partial charge in [0, 0.05) is 0 Å². The lowest BCUT2D eigenvalue weighted by atomic mass is 9.79. The van der Waals surface area contributed by atoms with E-state index in [-0.39, 0.29) is 24.4 Å². The second-order valence-corrected chi connectivity index (χ2v) is 3.94. The molecular weight excluding hydrogens is 168 g/mol. The standard InChI is InChI=1S/C10H14O3/c1-6-2-7-5-13-9(4-11)10(7)8(12)3-6/h3,7,9-11H,2,4-5H2,1H3/t7-,9+,10+/m0/s1. The summed E-state index contributed by atoms with van der Waals surface area (Å²) in [4.78, 5) is 11.6. The lowest BCUT2D eigenvalue weighted by Gasteiger charge is -2.23. The number of allylic oxidation sites excluding steroid dienone is 2. The highest BCUT2D eigenvalue weighted by molar-refractivity contribution is 5.94. The molecule has 3 heteroatoms. The topological polar surface area (TPSA) is 46.5 Å². The number of fused-ring (bicyclic) bond motifs is 1. The van der Waals surface area contributed by atoms with E-state index in [9.17, 15) is 4.79 Å². The highest BCUT2D eigenvalue weighted by Crippen LogP contribution is 2.36. The fourth-order valence-electron chi connectivity index (χ4n) is 2.34. The van der Waals surface area contributed by atoms with E-state index in [1.807, 2.05) is 6.92 Å². The van der Waals surface area contributed by atoms with Crippen LogP contribution in [0.25, 0.3) is 0 Å². The molecule has 0 saturated carbocycles. The summed E-state index contributed by atoms with van der Waals surface area (Å²) in [5.74, 6) is 0.341. The third-order valence-corrected chi connectivity index (χ3v) is 2.91. The van der Waals surface area contributed by atoms with Crippen molar-refractivity contribution in [3.63, 3.8) is 0 Å². The van der Waals surface area contributed by atoms with Crippen LogP contribution in [0.2, 0.25) is 0 Å². The van der Waals surface area contributed by atoms with Gasteiger partial charge in [-0.15, -0.1) is 0 Å². The van der Waals surface area contributed by atoms with Gasteiger partial charge < -0.3 is 9.84 Å². The average molecular weight is 182 g/mol. The van der Waals surface area contributed by atoms with Gasteiger partial charge in [0.15, 0.2) is 5.78 Å². The average Bonchev–Trinajstić information content (AvgIpc) is 2.47. The number of carbonyl (C=O) groups is 1. The predicted octanol–water partition coefficient (Wildman–Crippen LogP) is 0.529. The van der Waals surface area contributed by atoms with Crippen LogP contribution in [0.4, 0.5) is 0 Å². The SMILES string of the molecule is CC1=CC(=O)[C@H]2[C@H](CO[C@@H]2CO)C1. The van der Waals surface area contributed by atoms with Gasteiger partial charge in [-0.3, -0.25) is 4.79 Å². The Balaban J connectivity index is 2.21. The monoisotopic (exact) mass is 182 g/mol. The molecule has 0 aromatic heterocycles. The van der Waals surface area contributed by atoms with Gasteiger partial charge in [0.1, 0.15) is 0 Å². The summed E-state index contributed by atoms with van der Waals surface area (Å²) in [6.45, 7) is 2.55. The van der Waals surface area contributed by atoms with Crippen molar-refractivity contribution in [3.05, 3.63) is 11.6 Å². The Morgan fingerprint density at radius 1 is 1.69 bits per heavy atom. The second kappa shape index (κ2) is 3.24. The minimum Gasteiger partial charge on any atom is -0.394 e. The molecule has 3 nitrogen and oxygen atoms in total. The Labute approximate surface area is 77.4 Å². The maximum Gasteiger partial charge on any atom is 0.161 e. The molecule has 72 valence electrons. The van der Waals surface area contributed by atoms with Crippen LogP contribution in [-0.2, 0) is 9.53 Å². The van der Waals surface area contributed by atoms with Gasteiger partial charge in [-0.05, 0) is 25.3 Å². The van der Waals surface area contributed by atoms with Gasteiger partial charge in [-0.25, -0.2) is 0 Å². The predicted molar refractivity (Wildman–Crippen MR) is 47.2 cm³/mol. The zero-order chi connectivity index (χ0) is 9.42. The summed E-state index contributed by atoms with van der Waals surface area (Å²) in [5.41, 5.74) is 1.13. The van der Waals surface area contributed by atoms with Crippen LogP contribution in [0, 0.1) is 11.8 Å². The quantitative estimate of drug-likeness (QED) is 0.643. The van der Waals surface area contributed by atoms with Crippen molar-refractivity contribution >= 4 is 5.78 Å². The zero-order valence-corrected chi connectivity index (χ0v) is 7.69. The highest BCUT2D eigenvalue weighted by atomic mass is 16.5. The minimum atomic E-state index is -0.262. The zero-order valence-electron chi connectivity index (χ0n) is 7.69. The minimum absolute atomic E-state index is 0.0419. The van der Waals surface area contributed by atoms with Crippen molar-refractivity contribution in [1.82, 2.24) is 0 Å². The van der Waals surface area contributed by atoms with E-state index in [1.54, 1.807) is 6.08 Å². The number of ketones is 1. The maximum absolute atomic E-state index is 11.6. The van der Waals surface area contributed by atoms with E-state index in [1.165, 1.54) is 0 Å². The van der Waals surface area contributed by atoms with Gasteiger partial charge in [0.05, 0.1) is 25.2 Å². The van der Waals surface area contributed by atoms with Gasteiger partial charge in [-0.2, -0.15) is 0 Å². The van der Waals surface area contributed by atoms with Crippen LogP contribution >= 0.6 is 0 Å².